The van der Waals surface area contributed by atoms with E-state index in [1.54, 1.807) is 24.9 Å². The van der Waals surface area contributed by atoms with Crippen LogP contribution in [0.2, 0.25) is 0 Å². The highest BCUT2D eigenvalue weighted by Gasteiger charge is 2.17. The van der Waals surface area contributed by atoms with E-state index in [9.17, 15) is 9.59 Å². The van der Waals surface area contributed by atoms with Gasteiger partial charge in [0.15, 0.2) is 0 Å². The molecule has 2 heterocycles. The van der Waals surface area contributed by atoms with Gasteiger partial charge in [-0.25, -0.2) is 4.79 Å². The Morgan fingerprint density at radius 1 is 1.43 bits per heavy atom. The minimum Gasteiger partial charge on any atom is -0.478 e. The van der Waals surface area contributed by atoms with Gasteiger partial charge in [0, 0.05) is 32.2 Å². The lowest BCUT2D eigenvalue weighted by Gasteiger charge is -2.18. The van der Waals surface area contributed by atoms with Crippen molar-refractivity contribution in [3.63, 3.8) is 0 Å². The number of pyridine rings is 1. The van der Waals surface area contributed by atoms with Crippen LogP contribution in [0.1, 0.15) is 26.4 Å². The van der Waals surface area contributed by atoms with Crippen LogP contribution in [0.25, 0.3) is 0 Å². The van der Waals surface area contributed by atoms with Gasteiger partial charge in [-0.3, -0.25) is 14.5 Å². The summed E-state index contributed by atoms with van der Waals surface area (Å²) in [6, 6.07) is 3.17. The van der Waals surface area contributed by atoms with Gasteiger partial charge in [-0.15, -0.1) is 0 Å². The molecule has 110 valence electrons. The molecule has 1 amide bonds. The molecule has 0 bridgehead atoms. The van der Waals surface area contributed by atoms with Crippen LogP contribution in [0.4, 0.5) is 0 Å². The van der Waals surface area contributed by atoms with Gasteiger partial charge >= 0.3 is 5.97 Å². The quantitative estimate of drug-likeness (QED) is 0.888. The Morgan fingerprint density at radius 3 is 2.81 bits per heavy atom. The molecule has 0 aliphatic carbocycles. The largest absolute Gasteiger partial charge is 0.478 e. The van der Waals surface area contributed by atoms with Crippen LogP contribution in [0, 0.1) is 6.92 Å². The predicted molar refractivity (Wildman–Crippen MR) is 75.1 cm³/mol. The van der Waals surface area contributed by atoms with Gasteiger partial charge in [-0.2, -0.15) is 5.10 Å². The second-order valence-electron chi connectivity index (χ2n) is 4.66. The van der Waals surface area contributed by atoms with Crippen molar-refractivity contribution in [3.05, 3.63) is 47.5 Å². The van der Waals surface area contributed by atoms with Crippen LogP contribution >= 0.6 is 0 Å². The van der Waals surface area contributed by atoms with Gasteiger partial charge in [-0.1, -0.05) is 0 Å². The molecule has 0 unspecified atom stereocenters. The first-order chi connectivity index (χ1) is 9.99. The standard InChI is InChI=1S/C14H16N4O3/c1-10-12(8-11(9-15-10)14(20)21)13(19)17(2)6-7-18-5-3-4-16-18/h3-5,8-9H,6-7H2,1-2H3,(H,20,21). The highest BCUT2D eigenvalue weighted by Crippen LogP contribution is 2.11. The summed E-state index contributed by atoms with van der Waals surface area (Å²) in [6.07, 6.45) is 4.74. The number of carboxylic acids is 1. The summed E-state index contributed by atoms with van der Waals surface area (Å²) in [5.41, 5.74) is 0.818. The molecule has 0 spiro atoms. The Kier molecular flexibility index (Phi) is 4.32. The Balaban J connectivity index is 2.11. The Hall–Kier alpha value is -2.70. The lowest BCUT2D eigenvalue weighted by molar-refractivity contribution is 0.0696. The topological polar surface area (TPSA) is 88.3 Å². The SMILES string of the molecule is Cc1ncc(C(=O)O)cc1C(=O)N(C)CCn1cccn1. The lowest BCUT2D eigenvalue weighted by Crippen LogP contribution is -2.31. The molecule has 2 rings (SSSR count). The van der Waals surface area contributed by atoms with Crippen LogP contribution < -0.4 is 0 Å². The lowest BCUT2D eigenvalue weighted by atomic mass is 10.1. The van der Waals surface area contributed by atoms with Gasteiger partial charge in [0.25, 0.3) is 5.91 Å². The van der Waals surface area contributed by atoms with E-state index in [1.165, 1.54) is 17.2 Å². The summed E-state index contributed by atoms with van der Waals surface area (Å²) in [6.45, 7) is 2.72. The molecule has 0 radical (unpaired) electrons. The third-order valence-electron chi connectivity index (χ3n) is 3.13. The molecule has 0 saturated carbocycles. The van der Waals surface area contributed by atoms with E-state index < -0.39 is 5.97 Å². The Bertz CT molecular complexity index is 652. The molecule has 7 heteroatoms. The van der Waals surface area contributed by atoms with Crippen LogP contribution in [0.15, 0.2) is 30.7 Å². The van der Waals surface area contributed by atoms with E-state index in [4.69, 9.17) is 5.11 Å². The molecule has 1 N–H and O–H groups in total. The minimum absolute atomic E-state index is 0.00410. The number of rotatable bonds is 5. The highest BCUT2D eigenvalue weighted by molar-refractivity contribution is 5.97. The molecule has 0 aliphatic heterocycles. The molecule has 2 aromatic rings. The molecule has 0 saturated heterocycles. The van der Waals surface area contributed by atoms with E-state index in [0.717, 1.165) is 0 Å². The molecule has 0 fully saturated rings. The number of carbonyl (C=O) groups excluding carboxylic acids is 1. The van der Waals surface area contributed by atoms with E-state index in [-0.39, 0.29) is 11.5 Å². The van der Waals surface area contributed by atoms with Gasteiger partial charge in [0.1, 0.15) is 0 Å². The monoisotopic (exact) mass is 288 g/mol. The fraction of sp³-hybridized carbons (Fsp3) is 0.286. The first-order valence-corrected chi connectivity index (χ1v) is 6.42. The number of aromatic nitrogens is 3. The smallest absolute Gasteiger partial charge is 0.337 e. The second kappa shape index (κ2) is 6.17. The number of likely N-dealkylation sites (N-methyl/N-ethyl adjacent to an activating group) is 1. The van der Waals surface area contributed by atoms with Crippen LogP contribution in [-0.4, -0.2) is 50.2 Å². The molecule has 0 atom stereocenters. The number of nitrogens with zero attached hydrogens (tertiary/aromatic N) is 4. The van der Waals surface area contributed by atoms with E-state index >= 15 is 0 Å². The van der Waals surface area contributed by atoms with Gasteiger partial charge in [0.05, 0.1) is 23.4 Å². The van der Waals surface area contributed by atoms with Gasteiger partial charge in [-0.05, 0) is 19.1 Å². The second-order valence-corrected chi connectivity index (χ2v) is 4.66. The van der Waals surface area contributed by atoms with Crippen molar-refractivity contribution in [1.29, 1.82) is 0 Å². The van der Waals surface area contributed by atoms with Crippen molar-refractivity contribution in [3.8, 4) is 0 Å². The Labute approximate surface area is 121 Å². The Morgan fingerprint density at radius 2 is 2.19 bits per heavy atom. The third kappa shape index (κ3) is 3.44. The van der Waals surface area contributed by atoms with Crippen molar-refractivity contribution < 1.29 is 14.7 Å². The van der Waals surface area contributed by atoms with Gasteiger partial charge < -0.3 is 10.0 Å². The zero-order chi connectivity index (χ0) is 15.4. The number of amides is 1. The van der Waals surface area contributed by atoms with Crippen molar-refractivity contribution in [1.82, 2.24) is 19.7 Å². The number of hydrogen-bond acceptors (Lipinski definition) is 4. The summed E-state index contributed by atoms with van der Waals surface area (Å²) in [5, 5.41) is 13.0. The van der Waals surface area contributed by atoms with Crippen LogP contribution in [0.3, 0.4) is 0 Å². The maximum Gasteiger partial charge on any atom is 0.337 e. The first-order valence-electron chi connectivity index (χ1n) is 6.42. The number of aryl methyl sites for hydroxylation is 1. The van der Waals surface area contributed by atoms with Crippen LogP contribution in [0.5, 0.6) is 0 Å². The molecular formula is C14H16N4O3. The average Bonchev–Trinajstić information content (AvgIpc) is 2.97. The fourth-order valence-electron chi connectivity index (χ4n) is 1.86. The molecule has 0 aromatic carbocycles. The predicted octanol–water partition coefficient (Wildman–Crippen LogP) is 1.06. The van der Waals surface area contributed by atoms with Crippen LogP contribution in [-0.2, 0) is 6.54 Å². The normalized spacial score (nSPS) is 10.4. The third-order valence-corrected chi connectivity index (χ3v) is 3.13. The zero-order valence-corrected chi connectivity index (χ0v) is 11.9. The number of hydrogen-bond donors (Lipinski definition) is 1. The minimum atomic E-state index is -1.10. The van der Waals surface area contributed by atoms with Crippen molar-refractivity contribution in [2.24, 2.45) is 0 Å². The fourth-order valence-corrected chi connectivity index (χ4v) is 1.86. The summed E-state index contributed by atoms with van der Waals surface area (Å²) in [5.74, 6) is -1.36. The molecule has 21 heavy (non-hydrogen) atoms. The summed E-state index contributed by atoms with van der Waals surface area (Å²) in [4.78, 5) is 28.8. The molecule has 0 aliphatic rings. The van der Waals surface area contributed by atoms with E-state index in [0.29, 0.717) is 24.3 Å². The zero-order valence-electron chi connectivity index (χ0n) is 11.9. The highest BCUT2D eigenvalue weighted by atomic mass is 16.4. The summed E-state index contributed by atoms with van der Waals surface area (Å²) < 4.78 is 1.72. The first kappa shape index (κ1) is 14.7. The average molecular weight is 288 g/mol. The maximum atomic E-state index is 12.4. The number of carbonyl (C=O) groups is 2. The molecule has 7 nitrogen and oxygen atoms in total. The van der Waals surface area contributed by atoms with Crippen molar-refractivity contribution in [2.75, 3.05) is 13.6 Å². The number of aromatic carboxylic acids is 1. The van der Waals surface area contributed by atoms with E-state index in [2.05, 4.69) is 10.1 Å². The van der Waals surface area contributed by atoms with Crippen molar-refractivity contribution >= 4 is 11.9 Å². The van der Waals surface area contributed by atoms with Gasteiger partial charge in [0.2, 0.25) is 0 Å². The van der Waals surface area contributed by atoms with E-state index in [1.807, 2.05) is 12.3 Å². The van der Waals surface area contributed by atoms with Crippen molar-refractivity contribution in [2.45, 2.75) is 13.5 Å². The summed E-state index contributed by atoms with van der Waals surface area (Å²) in [7, 11) is 1.67. The summed E-state index contributed by atoms with van der Waals surface area (Å²) >= 11 is 0. The number of carboxylic acid groups (broad SMARTS) is 1. The molecular weight excluding hydrogens is 272 g/mol. The molecule has 2 aromatic heterocycles. The maximum absolute atomic E-state index is 12.4.